The standard InChI is InChI=1S/C18H27N3O2/c1-13(2)16-10-17(23-19-16)18(22)21(5)12-15-8-6-7-14(9-15)11-20(3)4/h6-9,13,17H,10-12H2,1-5H3. The van der Waals surface area contributed by atoms with Gasteiger partial charge in [-0.3, -0.25) is 4.79 Å². The lowest BCUT2D eigenvalue weighted by molar-refractivity contribution is -0.141. The van der Waals surface area contributed by atoms with Crippen molar-refractivity contribution in [3.8, 4) is 0 Å². The lowest BCUT2D eigenvalue weighted by atomic mass is 10.0. The van der Waals surface area contributed by atoms with Crippen LogP contribution in [0.1, 0.15) is 31.4 Å². The Morgan fingerprint density at radius 3 is 2.48 bits per heavy atom. The Morgan fingerprint density at radius 1 is 1.26 bits per heavy atom. The Bertz CT molecular complexity index is 581. The van der Waals surface area contributed by atoms with Gasteiger partial charge in [0.25, 0.3) is 5.91 Å². The summed E-state index contributed by atoms with van der Waals surface area (Å²) in [5.74, 6) is 0.309. The molecule has 0 aliphatic carbocycles. The Balaban J connectivity index is 1.94. The molecule has 1 aliphatic rings. The van der Waals surface area contributed by atoms with E-state index in [1.807, 2.05) is 27.2 Å². The Hall–Kier alpha value is -1.88. The summed E-state index contributed by atoms with van der Waals surface area (Å²) in [5, 5.41) is 4.04. The fraction of sp³-hybridized carbons (Fsp3) is 0.556. The quantitative estimate of drug-likeness (QED) is 0.810. The van der Waals surface area contributed by atoms with Crippen LogP contribution in [0.15, 0.2) is 29.4 Å². The minimum absolute atomic E-state index is 0.0117. The first-order chi connectivity index (χ1) is 10.9. The summed E-state index contributed by atoms with van der Waals surface area (Å²) in [5.41, 5.74) is 3.34. The average Bonchev–Trinajstić information content (AvgIpc) is 2.96. The molecule has 1 aliphatic heterocycles. The van der Waals surface area contributed by atoms with Gasteiger partial charge in [0, 0.05) is 26.6 Å². The van der Waals surface area contributed by atoms with E-state index < -0.39 is 6.10 Å². The fourth-order valence-corrected chi connectivity index (χ4v) is 2.66. The third kappa shape index (κ3) is 4.79. The number of rotatable bonds is 6. The Labute approximate surface area is 138 Å². The zero-order chi connectivity index (χ0) is 17.0. The topological polar surface area (TPSA) is 45.1 Å². The van der Waals surface area contributed by atoms with Crippen LogP contribution in [-0.4, -0.2) is 48.7 Å². The third-order valence-electron chi connectivity index (χ3n) is 3.92. The zero-order valence-electron chi connectivity index (χ0n) is 14.7. The van der Waals surface area contributed by atoms with Crippen molar-refractivity contribution in [1.82, 2.24) is 9.80 Å². The molecule has 0 fully saturated rings. The smallest absolute Gasteiger partial charge is 0.266 e. The van der Waals surface area contributed by atoms with Crippen molar-refractivity contribution in [2.45, 2.75) is 39.5 Å². The van der Waals surface area contributed by atoms with E-state index in [0.29, 0.717) is 18.9 Å². The molecule has 1 aromatic carbocycles. The second-order valence-corrected chi connectivity index (χ2v) is 6.79. The first-order valence-corrected chi connectivity index (χ1v) is 8.07. The van der Waals surface area contributed by atoms with Crippen molar-refractivity contribution in [2.75, 3.05) is 21.1 Å². The van der Waals surface area contributed by atoms with E-state index in [2.05, 4.69) is 42.1 Å². The third-order valence-corrected chi connectivity index (χ3v) is 3.92. The molecule has 1 atom stereocenters. The molecular weight excluding hydrogens is 290 g/mol. The summed E-state index contributed by atoms with van der Waals surface area (Å²) in [6, 6.07) is 8.34. The van der Waals surface area contributed by atoms with Crippen LogP contribution in [0.25, 0.3) is 0 Å². The highest BCUT2D eigenvalue weighted by molar-refractivity contribution is 5.93. The minimum atomic E-state index is -0.470. The van der Waals surface area contributed by atoms with Crippen LogP contribution in [0.3, 0.4) is 0 Å². The van der Waals surface area contributed by atoms with E-state index in [9.17, 15) is 4.79 Å². The van der Waals surface area contributed by atoms with E-state index in [4.69, 9.17) is 4.84 Å². The lowest BCUT2D eigenvalue weighted by Gasteiger charge is -2.20. The minimum Gasteiger partial charge on any atom is -0.382 e. The largest absolute Gasteiger partial charge is 0.382 e. The molecule has 0 radical (unpaired) electrons. The van der Waals surface area contributed by atoms with Gasteiger partial charge >= 0.3 is 0 Å². The summed E-state index contributed by atoms with van der Waals surface area (Å²) in [7, 11) is 5.91. The number of likely N-dealkylation sites (N-methyl/N-ethyl adjacent to an activating group) is 1. The van der Waals surface area contributed by atoms with Crippen LogP contribution in [0.5, 0.6) is 0 Å². The average molecular weight is 317 g/mol. The van der Waals surface area contributed by atoms with Crippen LogP contribution in [0, 0.1) is 5.92 Å². The monoisotopic (exact) mass is 317 g/mol. The maximum atomic E-state index is 12.5. The van der Waals surface area contributed by atoms with Crippen molar-refractivity contribution < 1.29 is 9.63 Å². The second kappa shape index (κ2) is 7.59. The van der Waals surface area contributed by atoms with E-state index >= 15 is 0 Å². The van der Waals surface area contributed by atoms with Crippen molar-refractivity contribution >= 4 is 11.6 Å². The molecule has 1 amide bonds. The number of hydrogen-bond donors (Lipinski definition) is 0. The molecule has 0 aromatic heterocycles. The molecule has 1 aromatic rings. The predicted octanol–water partition coefficient (Wildman–Crippen LogP) is 2.51. The van der Waals surface area contributed by atoms with Crippen molar-refractivity contribution in [3.05, 3.63) is 35.4 Å². The number of benzene rings is 1. The zero-order valence-corrected chi connectivity index (χ0v) is 14.7. The van der Waals surface area contributed by atoms with Gasteiger partial charge in [-0.05, 0) is 31.1 Å². The van der Waals surface area contributed by atoms with Crippen molar-refractivity contribution in [1.29, 1.82) is 0 Å². The number of amides is 1. The van der Waals surface area contributed by atoms with Crippen LogP contribution < -0.4 is 0 Å². The van der Waals surface area contributed by atoms with Gasteiger partial charge in [-0.1, -0.05) is 43.3 Å². The predicted molar refractivity (Wildman–Crippen MR) is 92.1 cm³/mol. The number of carbonyl (C=O) groups is 1. The van der Waals surface area contributed by atoms with Gasteiger partial charge in [-0.15, -0.1) is 0 Å². The molecule has 23 heavy (non-hydrogen) atoms. The fourth-order valence-electron chi connectivity index (χ4n) is 2.66. The Kier molecular flexibility index (Phi) is 5.77. The SMILES string of the molecule is CC(C)C1=NOC(C(=O)N(C)Cc2cccc(CN(C)C)c2)C1. The number of nitrogens with zero attached hydrogens (tertiary/aromatic N) is 3. The first-order valence-electron chi connectivity index (χ1n) is 8.07. The summed E-state index contributed by atoms with van der Waals surface area (Å²) in [4.78, 5) is 21.7. The molecule has 0 bridgehead atoms. The summed E-state index contributed by atoms with van der Waals surface area (Å²) < 4.78 is 0. The van der Waals surface area contributed by atoms with Gasteiger partial charge in [-0.25, -0.2) is 0 Å². The molecule has 1 unspecified atom stereocenters. The number of carbonyl (C=O) groups excluding carboxylic acids is 1. The Morgan fingerprint density at radius 2 is 1.91 bits per heavy atom. The molecule has 126 valence electrons. The maximum Gasteiger partial charge on any atom is 0.266 e. The van der Waals surface area contributed by atoms with Crippen LogP contribution >= 0.6 is 0 Å². The molecule has 0 spiro atoms. The van der Waals surface area contributed by atoms with E-state index in [1.54, 1.807) is 4.90 Å². The van der Waals surface area contributed by atoms with Gasteiger partial charge in [0.15, 0.2) is 0 Å². The second-order valence-electron chi connectivity index (χ2n) is 6.79. The van der Waals surface area contributed by atoms with Gasteiger partial charge in [0.05, 0.1) is 5.71 Å². The maximum absolute atomic E-state index is 12.5. The molecule has 2 rings (SSSR count). The molecule has 1 heterocycles. The van der Waals surface area contributed by atoms with Gasteiger partial charge in [-0.2, -0.15) is 0 Å². The highest BCUT2D eigenvalue weighted by atomic mass is 16.6. The van der Waals surface area contributed by atoms with Gasteiger partial charge < -0.3 is 14.6 Å². The molecule has 5 nitrogen and oxygen atoms in total. The summed E-state index contributed by atoms with van der Waals surface area (Å²) >= 11 is 0. The van der Waals surface area contributed by atoms with E-state index in [-0.39, 0.29) is 5.91 Å². The van der Waals surface area contributed by atoms with Crippen molar-refractivity contribution in [3.63, 3.8) is 0 Å². The molecule has 5 heteroatoms. The number of oxime groups is 1. The summed E-state index contributed by atoms with van der Waals surface area (Å²) in [6.45, 7) is 5.60. The van der Waals surface area contributed by atoms with Crippen LogP contribution in [0.4, 0.5) is 0 Å². The van der Waals surface area contributed by atoms with Crippen LogP contribution in [-0.2, 0) is 22.7 Å². The van der Waals surface area contributed by atoms with Gasteiger partial charge in [0.1, 0.15) is 0 Å². The van der Waals surface area contributed by atoms with E-state index in [0.717, 1.165) is 17.8 Å². The summed E-state index contributed by atoms with van der Waals surface area (Å²) in [6.07, 6.45) is 0.129. The highest BCUT2D eigenvalue weighted by Gasteiger charge is 2.31. The van der Waals surface area contributed by atoms with Crippen LogP contribution in [0.2, 0.25) is 0 Å². The normalized spacial score (nSPS) is 17.3. The first kappa shape index (κ1) is 17.5. The van der Waals surface area contributed by atoms with E-state index in [1.165, 1.54) is 5.56 Å². The molecule has 0 N–H and O–H groups in total. The number of hydrogen-bond acceptors (Lipinski definition) is 4. The lowest BCUT2D eigenvalue weighted by Crippen LogP contribution is -2.36. The highest BCUT2D eigenvalue weighted by Crippen LogP contribution is 2.18. The van der Waals surface area contributed by atoms with Crippen molar-refractivity contribution in [2.24, 2.45) is 11.1 Å². The van der Waals surface area contributed by atoms with Gasteiger partial charge in [0.2, 0.25) is 6.10 Å². The molecule has 0 saturated heterocycles. The molecular formula is C18H27N3O2. The molecule has 0 saturated carbocycles.